The van der Waals surface area contributed by atoms with Crippen LogP contribution in [-0.4, -0.2) is 15.2 Å². The summed E-state index contributed by atoms with van der Waals surface area (Å²) in [5.74, 6) is 2.80. The van der Waals surface area contributed by atoms with E-state index in [1.54, 1.807) is 0 Å². The first-order valence-electron chi connectivity index (χ1n) is 6.31. The number of aryl methyl sites for hydroxylation is 1. The van der Waals surface area contributed by atoms with Gasteiger partial charge in [0.25, 0.3) is 0 Å². The maximum atomic E-state index is 4.60. The quantitative estimate of drug-likeness (QED) is 0.753. The third kappa shape index (κ3) is 2.80. The molecule has 1 fully saturated rings. The monoisotopic (exact) mass is 207 g/mol. The summed E-state index contributed by atoms with van der Waals surface area (Å²) in [5, 5.41) is 7.42. The zero-order chi connectivity index (χ0) is 10.5. The summed E-state index contributed by atoms with van der Waals surface area (Å²) in [7, 11) is 0. The predicted molar refractivity (Wildman–Crippen MR) is 60.8 cm³/mol. The molecule has 2 rings (SSSR count). The molecule has 1 saturated carbocycles. The molecule has 0 unspecified atom stereocenters. The van der Waals surface area contributed by atoms with Gasteiger partial charge in [-0.2, -0.15) is 5.10 Å². The van der Waals surface area contributed by atoms with E-state index >= 15 is 0 Å². The maximum absolute atomic E-state index is 4.60. The van der Waals surface area contributed by atoms with E-state index in [4.69, 9.17) is 0 Å². The lowest BCUT2D eigenvalue weighted by molar-refractivity contribution is 0.669. The number of H-pyrrole nitrogens is 1. The molecule has 0 spiro atoms. The molecule has 0 amide bonds. The molecule has 1 heterocycles. The van der Waals surface area contributed by atoms with Crippen molar-refractivity contribution in [2.45, 2.75) is 64.2 Å². The van der Waals surface area contributed by atoms with Crippen LogP contribution in [0.2, 0.25) is 0 Å². The van der Waals surface area contributed by atoms with Crippen molar-refractivity contribution in [3.8, 4) is 0 Å². The molecular formula is C12H21N3. The summed E-state index contributed by atoms with van der Waals surface area (Å²) in [5.41, 5.74) is 0. The number of aromatic amines is 1. The van der Waals surface area contributed by atoms with Gasteiger partial charge in [-0.1, -0.05) is 32.6 Å². The zero-order valence-electron chi connectivity index (χ0n) is 9.63. The molecule has 1 aliphatic rings. The predicted octanol–water partition coefficient (Wildman–Crippen LogP) is 3.20. The van der Waals surface area contributed by atoms with Crippen molar-refractivity contribution in [3.05, 3.63) is 11.6 Å². The van der Waals surface area contributed by atoms with Crippen LogP contribution in [-0.2, 0) is 6.42 Å². The molecule has 3 heteroatoms. The van der Waals surface area contributed by atoms with Crippen molar-refractivity contribution in [2.24, 2.45) is 0 Å². The van der Waals surface area contributed by atoms with Gasteiger partial charge in [-0.05, 0) is 19.3 Å². The van der Waals surface area contributed by atoms with E-state index in [0.29, 0.717) is 5.92 Å². The van der Waals surface area contributed by atoms with Gasteiger partial charge in [-0.25, -0.2) is 4.98 Å². The number of nitrogens with zero attached hydrogens (tertiary/aromatic N) is 2. The van der Waals surface area contributed by atoms with Crippen LogP contribution in [0.15, 0.2) is 0 Å². The molecular weight excluding hydrogens is 186 g/mol. The molecule has 0 aliphatic heterocycles. The van der Waals surface area contributed by atoms with Crippen LogP contribution in [0.4, 0.5) is 0 Å². The number of hydrogen-bond acceptors (Lipinski definition) is 2. The van der Waals surface area contributed by atoms with Gasteiger partial charge in [0.1, 0.15) is 5.82 Å². The minimum atomic E-state index is 0.640. The second kappa shape index (κ2) is 5.29. The molecule has 15 heavy (non-hydrogen) atoms. The highest BCUT2D eigenvalue weighted by Crippen LogP contribution is 2.31. The Morgan fingerprint density at radius 1 is 1.27 bits per heavy atom. The first-order valence-corrected chi connectivity index (χ1v) is 6.31. The van der Waals surface area contributed by atoms with E-state index in [9.17, 15) is 0 Å². The van der Waals surface area contributed by atoms with E-state index in [2.05, 4.69) is 22.1 Å². The summed E-state index contributed by atoms with van der Waals surface area (Å²) < 4.78 is 0. The summed E-state index contributed by atoms with van der Waals surface area (Å²) in [4.78, 5) is 4.60. The Bertz CT molecular complexity index is 287. The van der Waals surface area contributed by atoms with E-state index < -0.39 is 0 Å². The van der Waals surface area contributed by atoms with Gasteiger partial charge in [-0.3, -0.25) is 5.10 Å². The van der Waals surface area contributed by atoms with Crippen molar-refractivity contribution in [1.82, 2.24) is 15.2 Å². The van der Waals surface area contributed by atoms with Gasteiger partial charge in [0, 0.05) is 12.3 Å². The smallest absolute Gasteiger partial charge is 0.153 e. The summed E-state index contributed by atoms with van der Waals surface area (Å²) >= 11 is 0. The van der Waals surface area contributed by atoms with E-state index in [0.717, 1.165) is 18.1 Å². The Morgan fingerprint density at radius 2 is 2.07 bits per heavy atom. The first-order chi connectivity index (χ1) is 7.40. The molecule has 3 nitrogen and oxygen atoms in total. The van der Waals surface area contributed by atoms with Crippen LogP contribution < -0.4 is 0 Å². The van der Waals surface area contributed by atoms with E-state index in [-0.39, 0.29) is 0 Å². The van der Waals surface area contributed by atoms with Crippen molar-refractivity contribution in [2.75, 3.05) is 0 Å². The van der Waals surface area contributed by atoms with Crippen molar-refractivity contribution in [1.29, 1.82) is 0 Å². The lowest BCUT2D eigenvalue weighted by Gasteiger charge is -2.00. The fourth-order valence-corrected chi connectivity index (χ4v) is 2.33. The standard InChI is InChI=1S/C12H21N3/c1-2-3-4-9-11-13-12(15-14-11)10-7-5-6-8-10/h10H,2-9H2,1H3,(H,13,14,15). The number of unbranched alkanes of at least 4 members (excludes halogenated alkanes) is 2. The topological polar surface area (TPSA) is 41.6 Å². The van der Waals surface area contributed by atoms with Crippen LogP contribution >= 0.6 is 0 Å². The van der Waals surface area contributed by atoms with Crippen LogP contribution in [0.1, 0.15) is 69.4 Å². The Kier molecular flexibility index (Phi) is 3.75. The maximum Gasteiger partial charge on any atom is 0.153 e. The number of hydrogen-bond donors (Lipinski definition) is 1. The molecule has 1 N–H and O–H groups in total. The molecule has 0 radical (unpaired) electrons. The molecule has 1 aromatic rings. The third-order valence-electron chi connectivity index (χ3n) is 3.29. The summed E-state index contributed by atoms with van der Waals surface area (Å²) in [6, 6.07) is 0. The zero-order valence-corrected chi connectivity index (χ0v) is 9.63. The highest BCUT2D eigenvalue weighted by molar-refractivity contribution is 4.99. The third-order valence-corrected chi connectivity index (χ3v) is 3.29. The number of rotatable bonds is 5. The Hall–Kier alpha value is -0.860. The Balaban J connectivity index is 1.86. The van der Waals surface area contributed by atoms with Gasteiger partial charge in [-0.15, -0.1) is 0 Å². The van der Waals surface area contributed by atoms with Gasteiger partial charge in [0.2, 0.25) is 0 Å². The van der Waals surface area contributed by atoms with Crippen LogP contribution in [0, 0.1) is 0 Å². The minimum absolute atomic E-state index is 0.640. The Labute approximate surface area is 91.7 Å². The molecule has 0 aromatic carbocycles. The molecule has 0 saturated heterocycles. The summed E-state index contributed by atoms with van der Waals surface area (Å²) in [6.45, 7) is 2.23. The lowest BCUT2D eigenvalue weighted by Crippen LogP contribution is -1.95. The molecule has 1 aromatic heterocycles. The highest BCUT2D eigenvalue weighted by Gasteiger charge is 2.20. The van der Waals surface area contributed by atoms with Gasteiger partial charge in [0.15, 0.2) is 5.82 Å². The molecule has 0 atom stereocenters. The molecule has 0 bridgehead atoms. The molecule has 84 valence electrons. The van der Waals surface area contributed by atoms with Gasteiger partial charge < -0.3 is 0 Å². The summed E-state index contributed by atoms with van der Waals surface area (Å²) in [6.07, 6.45) is 10.1. The Morgan fingerprint density at radius 3 is 2.80 bits per heavy atom. The number of nitrogens with one attached hydrogen (secondary N) is 1. The van der Waals surface area contributed by atoms with E-state index in [1.165, 1.54) is 44.9 Å². The second-order valence-electron chi connectivity index (χ2n) is 4.58. The van der Waals surface area contributed by atoms with E-state index in [1.807, 2.05) is 0 Å². The minimum Gasteiger partial charge on any atom is -0.263 e. The van der Waals surface area contributed by atoms with Gasteiger partial charge in [0.05, 0.1) is 0 Å². The largest absolute Gasteiger partial charge is 0.263 e. The second-order valence-corrected chi connectivity index (χ2v) is 4.58. The average Bonchev–Trinajstić information content (AvgIpc) is 2.87. The van der Waals surface area contributed by atoms with Gasteiger partial charge >= 0.3 is 0 Å². The normalized spacial score (nSPS) is 17.4. The van der Waals surface area contributed by atoms with Crippen LogP contribution in [0.3, 0.4) is 0 Å². The molecule has 1 aliphatic carbocycles. The lowest BCUT2D eigenvalue weighted by atomic mass is 10.1. The fraction of sp³-hybridized carbons (Fsp3) is 0.833. The first kappa shape index (κ1) is 10.7. The van der Waals surface area contributed by atoms with Crippen molar-refractivity contribution >= 4 is 0 Å². The fourth-order valence-electron chi connectivity index (χ4n) is 2.33. The van der Waals surface area contributed by atoms with Crippen LogP contribution in [0.25, 0.3) is 0 Å². The SMILES string of the molecule is CCCCCc1nc(C2CCCC2)n[nH]1. The number of aromatic nitrogens is 3. The highest BCUT2D eigenvalue weighted by atomic mass is 15.2. The van der Waals surface area contributed by atoms with Crippen LogP contribution in [0.5, 0.6) is 0 Å². The van der Waals surface area contributed by atoms with Crippen molar-refractivity contribution < 1.29 is 0 Å². The van der Waals surface area contributed by atoms with Crippen molar-refractivity contribution in [3.63, 3.8) is 0 Å². The average molecular weight is 207 g/mol.